The zero-order chi connectivity index (χ0) is 14.3. The van der Waals surface area contributed by atoms with Gasteiger partial charge >= 0.3 is 0 Å². The number of hydrogen-bond acceptors (Lipinski definition) is 2. The SMILES string of the molecule is Cc1ccc(S(=O)(=O)N2CC(C)(C)C=CC2C)cc1. The summed E-state index contributed by atoms with van der Waals surface area (Å²) in [7, 11) is -3.42. The Morgan fingerprint density at radius 1 is 1.21 bits per heavy atom. The van der Waals surface area contributed by atoms with Gasteiger partial charge in [0, 0.05) is 12.6 Å². The van der Waals surface area contributed by atoms with E-state index in [-0.39, 0.29) is 11.5 Å². The van der Waals surface area contributed by atoms with E-state index in [9.17, 15) is 8.42 Å². The molecule has 0 saturated carbocycles. The highest BCUT2D eigenvalue weighted by molar-refractivity contribution is 7.89. The molecule has 1 aromatic rings. The molecule has 0 amide bonds. The summed E-state index contributed by atoms with van der Waals surface area (Å²) in [6, 6.07) is 6.94. The maximum Gasteiger partial charge on any atom is 0.243 e. The molecular formula is C15H21NO2S. The monoisotopic (exact) mass is 279 g/mol. The minimum Gasteiger partial charge on any atom is -0.207 e. The van der Waals surface area contributed by atoms with Crippen LogP contribution >= 0.6 is 0 Å². The Bertz CT molecular complexity index is 585. The molecule has 0 aromatic heterocycles. The van der Waals surface area contributed by atoms with E-state index in [2.05, 4.69) is 6.08 Å². The lowest BCUT2D eigenvalue weighted by molar-refractivity contribution is 0.268. The first-order chi connectivity index (χ1) is 8.72. The van der Waals surface area contributed by atoms with Crippen LogP contribution in [0.25, 0.3) is 0 Å². The van der Waals surface area contributed by atoms with Crippen LogP contribution < -0.4 is 0 Å². The summed E-state index contributed by atoms with van der Waals surface area (Å²) in [5, 5.41) is 0. The molecule has 2 rings (SSSR count). The maximum atomic E-state index is 12.7. The standard InChI is InChI=1S/C15H21NO2S/c1-12-5-7-14(8-6-12)19(17,18)16-11-15(3,4)10-9-13(16)2/h5-10,13H,11H2,1-4H3. The van der Waals surface area contributed by atoms with Gasteiger partial charge in [0.2, 0.25) is 10.0 Å². The molecule has 1 aliphatic rings. The van der Waals surface area contributed by atoms with Crippen LogP contribution in [-0.2, 0) is 10.0 Å². The van der Waals surface area contributed by atoms with Gasteiger partial charge in [-0.15, -0.1) is 0 Å². The van der Waals surface area contributed by atoms with Crippen LogP contribution in [0.2, 0.25) is 0 Å². The van der Waals surface area contributed by atoms with Gasteiger partial charge in [-0.25, -0.2) is 8.42 Å². The first kappa shape index (κ1) is 14.3. The van der Waals surface area contributed by atoms with Gasteiger partial charge in [0.05, 0.1) is 4.90 Å². The molecule has 0 fully saturated rings. The van der Waals surface area contributed by atoms with Crippen LogP contribution in [0.15, 0.2) is 41.3 Å². The second kappa shape index (κ2) is 4.76. The van der Waals surface area contributed by atoms with Crippen molar-refractivity contribution in [3.05, 3.63) is 42.0 Å². The normalized spacial score (nSPS) is 23.5. The van der Waals surface area contributed by atoms with Crippen molar-refractivity contribution in [2.45, 2.75) is 38.6 Å². The summed E-state index contributed by atoms with van der Waals surface area (Å²) in [4.78, 5) is 0.371. The molecule has 1 aromatic carbocycles. The van der Waals surface area contributed by atoms with Crippen LogP contribution in [0, 0.1) is 12.3 Å². The Morgan fingerprint density at radius 3 is 2.37 bits per heavy atom. The number of benzene rings is 1. The lowest BCUT2D eigenvalue weighted by Crippen LogP contribution is -2.45. The third-order valence-electron chi connectivity index (χ3n) is 3.47. The predicted molar refractivity (Wildman–Crippen MR) is 77.5 cm³/mol. The number of aryl methyl sites for hydroxylation is 1. The van der Waals surface area contributed by atoms with Gasteiger partial charge in [0.1, 0.15) is 0 Å². The first-order valence-corrected chi connectivity index (χ1v) is 7.94. The Balaban J connectivity index is 2.40. The second-order valence-corrected chi connectivity index (χ2v) is 7.84. The fourth-order valence-corrected chi connectivity index (χ4v) is 4.01. The van der Waals surface area contributed by atoms with E-state index >= 15 is 0 Å². The zero-order valence-corrected chi connectivity index (χ0v) is 12.7. The van der Waals surface area contributed by atoms with Crippen LogP contribution in [0.4, 0.5) is 0 Å². The molecule has 1 atom stereocenters. The molecule has 1 heterocycles. The molecule has 1 aliphatic heterocycles. The molecule has 0 aliphatic carbocycles. The molecule has 3 nitrogen and oxygen atoms in total. The van der Waals surface area contributed by atoms with Gasteiger partial charge in [-0.1, -0.05) is 43.7 Å². The Labute approximate surface area is 116 Å². The summed E-state index contributed by atoms with van der Waals surface area (Å²) in [6.07, 6.45) is 4.06. The molecule has 0 bridgehead atoms. The highest BCUT2D eigenvalue weighted by Crippen LogP contribution is 2.30. The fraction of sp³-hybridized carbons (Fsp3) is 0.467. The highest BCUT2D eigenvalue weighted by atomic mass is 32.2. The third-order valence-corrected chi connectivity index (χ3v) is 5.42. The van der Waals surface area contributed by atoms with Gasteiger partial charge in [0.15, 0.2) is 0 Å². The zero-order valence-electron chi connectivity index (χ0n) is 11.9. The topological polar surface area (TPSA) is 37.4 Å². The van der Waals surface area contributed by atoms with Gasteiger partial charge < -0.3 is 0 Å². The van der Waals surface area contributed by atoms with E-state index in [0.29, 0.717) is 11.4 Å². The third kappa shape index (κ3) is 2.90. The number of hydrogen-bond donors (Lipinski definition) is 0. The molecule has 104 valence electrons. The van der Waals surface area contributed by atoms with Gasteiger partial charge in [-0.3, -0.25) is 0 Å². The molecule has 0 N–H and O–H groups in total. The Morgan fingerprint density at radius 2 is 1.79 bits per heavy atom. The fourth-order valence-electron chi connectivity index (χ4n) is 2.24. The van der Waals surface area contributed by atoms with Gasteiger partial charge in [-0.05, 0) is 31.4 Å². The van der Waals surface area contributed by atoms with E-state index in [1.807, 2.05) is 45.9 Å². The van der Waals surface area contributed by atoms with Crippen molar-refractivity contribution in [3.63, 3.8) is 0 Å². The Hall–Kier alpha value is -1.13. The lowest BCUT2D eigenvalue weighted by Gasteiger charge is -2.37. The molecule has 4 heteroatoms. The van der Waals surface area contributed by atoms with Crippen LogP contribution in [-0.4, -0.2) is 25.3 Å². The number of rotatable bonds is 2. The van der Waals surface area contributed by atoms with Crippen molar-refractivity contribution in [3.8, 4) is 0 Å². The number of sulfonamides is 1. The van der Waals surface area contributed by atoms with E-state index in [1.54, 1.807) is 16.4 Å². The largest absolute Gasteiger partial charge is 0.243 e. The average Bonchev–Trinajstić information content (AvgIpc) is 2.33. The first-order valence-electron chi connectivity index (χ1n) is 6.50. The van der Waals surface area contributed by atoms with E-state index in [4.69, 9.17) is 0 Å². The van der Waals surface area contributed by atoms with Crippen molar-refractivity contribution >= 4 is 10.0 Å². The van der Waals surface area contributed by atoms with Crippen LogP contribution in [0.3, 0.4) is 0 Å². The summed E-state index contributed by atoms with van der Waals surface area (Å²) in [5.41, 5.74) is 0.940. The van der Waals surface area contributed by atoms with Crippen LogP contribution in [0.1, 0.15) is 26.3 Å². The second-order valence-electron chi connectivity index (χ2n) is 5.95. The lowest BCUT2D eigenvalue weighted by atomic mass is 9.89. The minimum atomic E-state index is -3.42. The van der Waals surface area contributed by atoms with Gasteiger partial charge in [0.25, 0.3) is 0 Å². The number of nitrogens with zero attached hydrogens (tertiary/aromatic N) is 1. The average molecular weight is 279 g/mol. The molecule has 1 unspecified atom stereocenters. The van der Waals surface area contributed by atoms with E-state index < -0.39 is 10.0 Å². The maximum absolute atomic E-state index is 12.7. The highest BCUT2D eigenvalue weighted by Gasteiger charge is 2.35. The van der Waals surface area contributed by atoms with Crippen LogP contribution in [0.5, 0.6) is 0 Å². The van der Waals surface area contributed by atoms with Crippen molar-refractivity contribution in [2.75, 3.05) is 6.54 Å². The molecule has 19 heavy (non-hydrogen) atoms. The summed E-state index contributed by atoms with van der Waals surface area (Å²) in [6.45, 7) is 8.48. The smallest absolute Gasteiger partial charge is 0.207 e. The van der Waals surface area contributed by atoms with E-state index in [1.165, 1.54) is 0 Å². The minimum absolute atomic E-state index is 0.0978. The summed E-state index contributed by atoms with van der Waals surface area (Å²) in [5.74, 6) is 0. The predicted octanol–water partition coefficient (Wildman–Crippen LogP) is 2.97. The Kier molecular flexibility index (Phi) is 3.58. The van der Waals surface area contributed by atoms with E-state index in [0.717, 1.165) is 5.56 Å². The molecule has 0 radical (unpaired) electrons. The van der Waals surface area contributed by atoms with Crippen molar-refractivity contribution in [1.82, 2.24) is 4.31 Å². The summed E-state index contributed by atoms with van der Waals surface area (Å²) >= 11 is 0. The molecule has 0 saturated heterocycles. The van der Waals surface area contributed by atoms with Crippen molar-refractivity contribution < 1.29 is 8.42 Å². The van der Waals surface area contributed by atoms with Crippen molar-refractivity contribution in [1.29, 1.82) is 0 Å². The quantitative estimate of drug-likeness (QED) is 0.781. The molecular weight excluding hydrogens is 258 g/mol. The van der Waals surface area contributed by atoms with Crippen molar-refractivity contribution in [2.24, 2.45) is 5.41 Å². The van der Waals surface area contributed by atoms with Gasteiger partial charge in [-0.2, -0.15) is 4.31 Å². The summed E-state index contributed by atoms with van der Waals surface area (Å²) < 4.78 is 27.0. The molecule has 0 spiro atoms.